The van der Waals surface area contributed by atoms with Gasteiger partial charge in [-0.05, 0) is 17.7 Å². The third-order valence-corrected chi connectivity index (χ3v) is 4.25. The van der Waals surface area contributed by atoms with Crippen LogP contribution < -0.4 is 14.2 Å². The predicted molar refractivity (Wildman–Crippen MR) is 88.2 cm³/mol. The molecule has 0 amide bonds. The number of carbonyl (C=O) groups excluding carboxylic acids is 1. The Kier molecular flexibility index (Phi) is 4.60. The monoisotopic (exact) mass is 345 g/mol. The van der Waals surface area contributed by atoms with E-state index in [1.807, 2.05) is 0 Å². The van der Waals surface area contributed by atoms with Gasteiger partial charge in [0.2, 0.25) is 5.75 Å². The van der Waals surface area contributed by atoms with Crippen molar-refractivity contribution in [3.05, 3.63) is 42.2 Å². The number of carbonyl (C=O) groups is 1. The molecule has 25 heavy (non-hydrogen) atoms. The van der Waals surface area contributed by atoms with Crippen LogP contribution in [0.3, 0.4) is 0 Å². The van der Waals surface area contributed by atoms with E-state index in [4.69, 9.17) is 14.2 Å². The van der Waals surface area contributed by atoms with Crippen molar-refractivity contribution in [2.24, 2.45) is 0 Å². The van der Waals surface area contributed by atoms with Crippen molar-refractivity contribution in [3.63, 3.8) is 0 Å². The molecule has 1 aliphatic rings. The Morgan fingerprint density at radius 2 is 1.84 bits per heavy atom. The van der Waals surface area contributed by atoms with Gasteiger partial charge in [0.05, 0.1) is 21.3 Å². The maximum Gasteiger partial charge on any atom is 0.203 e. The zero-order chi connectivity index (χ0) is 18.0. The van der Waals surface area contributed by atoms with E-state index in [0.717, 1.165) is 5.56 Å². The highest BCUT2D eigenvalue weighted by molar-refractivity contribution is 5.92. The van der Waals surface area contributed by atoms with Crippen molar-refractivity contribution < 1.29 is 24.1 Å². The van der Waals surface area contributed by atoms with E-state index >= 15 is 0 Å². The summed E-state index contributed by atoms with van der Waals surface area (Å²) >= 11 is 0. The van der Waals surface area contributed by atoms with E-state index in [2.05, 4.69) is 10.1 Å². The molecule has 1 aliphatic carbocycles. The maximum absolute atomic E-state index is 12.0. The molecule has 2 aromatic rings. The molecule has 1 aromatic heterocycles. The second-order valence-corrected chi connectivity index (χ2v) is 5.63. The van der Waals surface area contributed by atoms with Crippen molar-refractivity contribution in [1.82, 2.24) is 14.8 Å². The Morgan fingerprint density at radius 1 is 1.16 bits per heavy atom. The summed E-state index contributed by atoms with van der Waals surface area (Å²) in [5.74, 6) is 0.861. The molecule has 2 atom stereocenters. The van der Waals surface area contributed by atoms with Crippen molar-refractivity contribution in [3.8, 4) is 17.2 Å². The summed E-state index contributed by atoms with van der Waals surface area (Å²) in [6.45, 7) is 0. The van der Waals surface area contributed by atoms with Crippen LogP contribution in [0.15, 0.2) is 36.6 Å². The minimum atomic E-state index is -0.539. The zero-order valence-corrected chi connectivity index (χ0v) is 14.2. The third-order valence-electron chi connectivity index (χ3n) is 4.25. The van der Waals surface area contributed by atoms with Crippen LogP contribution in [0.5, 0.6) is 17.2 Å². The number of benzene rings is 1. The molecule has 1 aromatic carbocycles. The Labute approximate surface area is 144 Å². The number of methoxy groups -OCH3 is 3. The number of aliphatic hydroxyl groups is 1. The topological polar surface area (TPSA) is 95.7 Å². The Bertz CT molecular complexity index is 776. The van der Waals surface area contributed by atoms with E-state index in [1.54, 1.807) is 12.1 Å². The molecule has 3 rings (SSSR count). The lowest BCUT2D eigenvalue weighted by Gasteiger charge is -2.30. The number of allylic oxidation sites excluding steroid dienone is 2. The molecule has 8 heteroatoms. The largest absolute Gasteiger partial charge is 0.510 e. The summed E-state index contributed by atoms with van der Waals surface area (Å²) in [6.07, 6.45) is 4.35. The molecule has 0 saturated heterocycles. The molecule has 0 fully saturated rings. The smallest absolute Gasteiger partial charge is 0.203 e. The molecule has 132 valence electrons. The average molecular weight is 345 g/mol. The first-order valence-electron chi connectivity index (χ1n) is 7.66. The number of ether oxygens (including phenoxy) is 3. The summed E-state index contributed by atoms with van der Waals surface area (Å²) in [5, 5.41) is 14.5. The number of aromatic nitrogens is 3. The van der Waals surface area contributed by atoms with Crippen LogP contribution in [0, 0.1) is 0 Å². The fourth-order valence-electron chi connectivity index (χ4n) is 3.14. The molecule has 1 N–H and O–H groups in total. The molecule has 8 nitrogen and oxygen atoms in total. The Hall–Kier alpha value is -3.03. The van der Waals surface area contributed by atoms with Crippen LogP contribution in [-0.4, -0.2) is 47.0 Å². The molecule has 0 bridgehead atoms. The van der Waals surface area contributed by atoms with Crippen LogP contribution in [0.25, 0.3) is 0 Å². The van der Waals surface area contributed by atoms with Gasteiger partial charge in [0.1, 0.15) is 24.5 Å². The van der Waals surface area contributed by atoms with Crippen molar-refractivity contribution >= 4 is 5.78 Å². The molecular formula is C17H19N3O5. The second kappa shape index (κ2) is 6.84. The Balaban J connectivity index is 2.12. The first kappa shape index (κ1) is 16.8. The van der Waals surface area contributed by atoms with E-state index in [0.29, 0.717) is 17.2 Å². The molecule has 0 aliphatic heterocycles. The first-order chi connectivity index (χ1) is 12.1. The average Bonchev–Trinajstić information content (AvgIpc) is 3.13. The van der Waals surface area contributed by atoms with Gasteiger partial charge in [-0.1, -0.05) is 0 Å². The van der Waals surface area contributed by atoms with Crippen LogP contribution in [0.4, 0.5) is 0 Å². The third kappa shape index (κ3) is 3.02. The molecular weight excluding hydrogens is 326 g/mol. The van der Waals surface area contributed by atoms with Crippen molar-refractivity contribution in [2.45, 2.75) is 18.4 Å². The summed E-state index contributed by atoms with van der Waals surface area (Å²) in [5.41, 5.74) is 0.767. The lowest BCUT2D eigenvalue weighted by atomic mass is 9.82. The van der Waals surface area contributed by atoms with Gasteiger partial charge >= 0.3 is 0 Å². The highest BCUT2D eigenvalue weighted by Gasteiger charge is 2.35. The Morgan fingerprint density at radius 3 is 2.36 bits per heavy atom. The molecule has 0 spiro atoms. The van der Waals surface area contributed by atoms with Gasteiger partial charge in [-0.25, -0.2) is 9.67 Å². The zero-order valence-electron chi connectivity index (χ0n) is 14.2. The van der Waals surface area contributed by atoms with Crippen LogP contribution in [0.2, 0.25) is 0 Å². The van der Waals surface area contributed by atoms with Crippen molar-refractivity contribution in [2.75, 3.05) is 21.3 Å². The SMILES string of the molecule is COc1cc(C2CC(=O)C=C(O)C2n2cncn2)cc(OC)c1OC. The van der Waals surface area contributed by atoms with E-state index in [9.17, 15) is 9.90 Å². The summed E-state index contributed by atoms with van der Waals surface area (Å²) in [7, 11) is 4.58. The summed E-state index contributed by atoms with van der Waals surface area (Å²) in [4.78, 5) is 16.0. The second-order valence-electron chi connectivity index (χ2n) is 5.63. The highest BCUT2D eigenvalue weighted by atomic mass is 16.5. The lowest BCUT2D eigenvalue weighted by molar-refractivity contribution is -0.116. The van der Waals surface area contributed by atoms with Gasteiger partial charge in [0, 0.05) is 18.4 Å². The number of aliphatic hydroxyl groups excluding tert-OH is 1. The normalized spacial score (nSPS) is 20.1. The van der Waals surface area contributed by atoms with Gasteiger partial charge in [-0.2, -0.15) is 5.10 Å². The fourth-order valence-corrected chi connectivity index (χ4v) is 3.14. The minimum Gasteiger partial charge on any atom is -0.510 e. The van der Waals surface area contributed by atoms with Crippen LogP contribution in [-0.2, 0) is 4.79 Å². The van der Waals surface area contributed by atoms with Gasteiger partial charge in [0.25, 0.3) is 0 Å². The van der Waals surface area contributed by atoms with Gasteiger partial charge in [-0.15, -0.1) is 0 Å². The fraction of sp³-hybridized carbons (Fsp3) is 0.353. The van der Waals surface area contributed by atoms with E-state index in [-0.39, 0.29) is 23.9 Å². The standard InChI is InChI=1S/C17H19N3O5/c1-23-14-4-10(5-15(24-2)17(14)25-3)12-6-11(21)7-13(22)16(12)20-9-18-8-19-20/h4-5,7-9,12,16,22H,6H2,1-3H3. The van der Waals surface area contributed by atoms with E-state index < -0.39 is 6.04 Å². The van der Waals surface area contributed by atoms with Crippen molar-refractivity contribution in [1.29, 1.82) is 0 Å². The lowest BCUT2D eigenvalue weighted by Crippen LogP contribution is -2.27. The summed E-state index contributed by atoms with van der Waals surface area (Å²) in [6, 6.07) is 3.02. The van der Waals surface area contributed by atoms with Crippen LogP contribution in [0.1, 0.15) is 23.9 Å². The number of ketones is 1. The molecule has 1 heterocycles. The van der Waals surface area contributed by atoms with E-state index in [1.165, 1.54) is 44.7 Å². The predicted octanol–water partition coefficient (Wildman–Crippen LogP) is 2.04. The minimum absolute atomic E-state index is 0.0551. The molecule has 2 unspecified atom stereocenters. The van der Waals surface area contributed by atoms with Gasteiger partial charge in [0.15, 0.2) is 17.3 Å². The number of hydrogen-bond acceptors (Lipinski definition) is 7. The molecule has 0 saturated carbocycles. The molecule has 0 radical (unpaired) electrons. The van der Waals surface area contributed by atoms with Gasteiger partial charge in [-0.3, -0.25) is 4.79 Å². The summed E-state index contributed by atoms with van der Waals surface area (Å²) < 4.78 is 17.6. The first-order valence-corrected chi connectivity index (χ1v) is 7.66. The number of rotatable bonds is 5. The highest BCUT2D eigenvalue weighted by Crippen LogP contribution is 2.45. The van der Waals surface area contributed by atoms with Crippen LogP contribution >= 0.6 is 0 Å². The maximum atomic E-state index is 12.0. The number of hydrogen-bond donors (Lipinski definition) is 1. The quantitative estimate of drug-likeness (QED) is 0.886. The van der Waals surface area contributed by atoms with Gasteiger partial charge < -0.3 is 19.3 Å². The number of nitrogens with zero attached hydrogens (tertiary/aromatic N) is 3.